The zero-order valence-corrected chi connectivity index (χ0v) is 45.8. The highest BCUT2D eigenvalue weighted by Gasteiger charge is 2.19. The molecule has 0 aromatic carbocycles. The van der Waals surface area contributed by atoms with Crippen LogP contribution in [0.5, 0.6) is 0 Å². The molecule has 69 heavy (non-hydrogen) atoms. The fourth-order valence-corrected chi connectivity index (χ4v) is 8.55. The van der Waals surface area contributed by atoms with Crippen LogP contribution < -0.4 is 0 Å². The fourth-order valence-electron chi connectivity index (χ4n) is 8.55. The van der Waals surface area contributed by atoms with E-state index in [1.807, 2.05) is 6.08 Å². The van der Waals surface area contributed by atoms with E-state index in [0.29, 0.717) is 19.3 Å². The lowest BCUT2D eigenvalue weighted by atomic mass is 10.0. The number of carbonyl (C=O) groups excluding carboxylic acids is 3. The maximum Gasteiger partial charge on any atom is 0.306 e. The summed E-state index contributed by atoms with van der Waals surface area (Å²) in [6.45, 7) is 6.59. The first kappa shape index (κ1) is 66.1. The first-order valence-electron chi connectivity index (χ1n) is 29.8. The third-order valence-corrected chi connectivity index (χ3v) is 13.0. The zero-order valence-electron chi connectivity index (χ0n) is 45.8. The van der Waals surface area contributed by atoms with Crippen LogP contribution in [0.2, 0.25) is 0 Å². The Labute approximate surface area is 428 Å². The Morgan fingerprint density at radius 3 is 0.899 bits per heavy atom. The average Bonchev–Trinajstić information content (AvgIpc) is 3.35. The summed E-state index contributed by atoms with van der Waals surface area (Å²) in [4.78, 5) is 38.2. The van der Waals surface area contributed by atoms with Crippen LogP contribution >= 0.6 is 0 Å². The second-order valence-corrected chi connectivity index (χ2v) is 19.9. The molecule has 400 valence electrons. The molecule has 0 aliphatic carbocycles. The number of unbranched alkanes of at least 4 members (excludes halogenated alkanes) is 33. The molecule has 0 fully saturated rings. The van der Waals surface area contributed by atoms with Gasteiger partial charge in [-0.25, -0.2) is 0 Å². The third-order valence-electron chi connectivity index (χ3n) is 13.0. The van der Waals surface area contributed by atoms with Gasteiger partial charge in [0.05, 0.1) is 0 Å². The Kier molecular flexibility index (Phi) is 55.3. The van der Waals surface area contributed by atoms with Gasteiger partial charge in [0.2, 0.25) is 0 Å². The number of hydrogen-bond donors (Lipinski definition) is 0. The van der Waals surface area contributed by atoms with E-state index in [-0.39, 0.29) is 37.5 Å². The van der Waals surface area contributed by atoms with Gasteiger partial charge in [0.1, 0.15) is 13.2 Å². The summed E-state index contributed by atoms with van der Waals surface area (Å²) in [6, 6.07) is 0. The smallest absolute Gasteiger partial charge is 0.306 e. The largest absolute Gasteiger partial charge is 0.462 e. The van der Waals surface area contributed by atoms with Crippen molar-refractivity contribution in [2.45, 2.75) is 309 Å². The first-order valence-corrected chi connectivity index (χ1v) is 29.8. The Bertz CT molecular complexity index is 1250. The molecule has 6 nitrogen and oxygen atoms in total. The SMILES string of the molecule is CCCCC/C=C\C/C=C\C/C=C\C/C=C\C/C=C\CCC(=O)OC[C@H](COC(=O)CCCCCCCCCCCCCCCCC)OC(=O)CCCCCCCCCCCCCCCCCCC. The van der Waals surface area contributed by atoms with E-state index in [1.54, 1.807) is 0 Å². The number of rotatable bonds is 54. The van der Waals surface area contributed by atoms with Crippen molar-refractivity contribution in [3.05, 3.63) is 60.8 Å². The highest BCUT2D eigenvalue weighted by molar-refractivity contribution is 5.71. The molecule has 0 unspecified atom stereocenters. The van der Waals surface area contributed by atoms with Gasteiger partial charge in [0.15, 0.2) is 6.10 Å². The molecular formula is C63H112O6. The van der Waals surface area contributed by atoms with E-state index < -0.39 is 6.10 Å². The Hall–Kier alpha value is -2.89. The van der Waals surface area contributed by atoms with Crippen molar-refractivity contribution in [3.63, 3.8) is 0 Å². The topological polar surface area (TPSA) is 78.9 Å². The molecule has 0 bridgehead atoms. The van der Waals surface area contributed by atoms with Gasteiger partial charge in [0.25, 0.3) is 0 Å². The summed E-state index contributed by atoms with van der Waals surface area (Å²) in [5.74, 6) is -0.962. The van der Waals surface area contributed by atoms with Crippen molar-refractivity contribution in [2.24, 2.45) is 0 Å². The van der Waals surface area contributed by atoms with E-state index in [0.717, 1.165) is 64.2 Å². The quantitative estimate of drug-likeness (QED) is 0.0262. The van der Waals surface area contributed by atoms with Crippen LogP contribution in [0.4, 0.5) is 0 Å². The van der Waals surface area contributed by atoms with E-state index in [1.165, 1.54) is 193 Å². The van der Waals surface area contributed by atoms with Crippen LogP contribution in [0, 0.1) is 0 Å². The summed E-state index contributed by atoms with van der Waals surface area (Å²) in [6.07, 6.45) is 72.2. The van der Waals surface area contributed by atoms with Crippen LogP contribution in [-0.2, 0) is 28.6 Å². The molecule has 0 rings (SSSR count). The van der Waals surface area contributed by atoms with Crippen molar-refractivity contribution in [2.75, 3.05) is 13.2 Å². The summed E-state index contributed by atoms with van der Waals surface area (Å²) >= 11 is 0. The van der Waals surface area contributed by atoms with Crippen LogP contribution in [0.15, 0.2) is 60.8 Å². The third kappa shape index (κ3) is 55.9. The molecular weight excluding hydrogens is 853 g/mol. The van der Waals surface area contributed by atoms with Crippen molar-refractivity contribution in [1.82, 2.24) is 0 Å². The van der Waals surface area contributed by atoms with E-state index in [9.17, 15) is 14.4 Å². The molecule has 1 atom stereocenters. The molecule has 0 radical (unpaired) electrons. The van der Waals surface area contributed by atoms with Crippen LogP contribution in [0.25, 0.3) is 0 Å². The van der Waals surface area contributed by atoms with E-state index in [2.05, 4.69) is 75.5 Å². The Balaban J connectivity index is 4.45. The van der Waals surface area contributed by atoms with Crippen LogP contribution in [0.3, 0.4) is 0 Å². The minimum atomic E-state index is -0.801. The number of hydrogen-bond acceptors (Lipinski definition) is 6. The summed E-state index contributed by atoms with van der Waals surface area (Å²) in [5.41, 5.74) is 0. The summed E-state index contributed by atoms with van der Waals surface area (Å²) in [7, 11) is 0. The predicted molar refractivity (Wildman–Crippen MR) is 298 cm³/mol. The highest BCUT2D eigenvalue weighted by Crippen LogP contribution is 2.17. The molecule has 0 spiro atoms. The lowest BCUT2D eigenvalue weighted by molar-refractivity contribution is -0.166. The molecule has 0 aliphatic rings. The van der Waals surface area contributed by atoms with Gasteiger partial charge in [-0.3, -0.25) is 14.4 Å². The number of carbonyl (C=O) groups is 3. The fraction of sp³-hybridized carbons (Fsp3) is 0.794. The molecule has 0 saturated heterocycles. The molecule has 0 N–H and O–H groups in total. The standard InChI is InChI=1S/C63H112O6/c1-4-7-10-13-16-19-22-25-28-30-31-33-35-38-41-44-47-50-53-56-62(65)68-59-60(58-67-61(64)55-52-49-46-43-40-37-34-27-24-21-18-15-12-9-6-3)69-63(66)57-54-51-48-45-42-39-36-32-29-26-23-20-17-14-11-8-5-2/h16,19,25,28,31,33,38,41,47,50,60H,4-15,17-18,20-24,26-27,29-30,32,34-37,39-40,42-46,48-49,51-59H2,1-3H3/b19-16-,28-25-,33-31-,41-38-,50-47-/t60-/m0/s1. The average molecular weight is 966 g/mol. The number of allylic oxidation sites excluding steroid dienone is 10. The van der Waals surface area contributed by atoms with E-state index >= 15 is 0 Å². The minimum Gasteiger partial charge on any atom is -0.462 e. The van der Waals surface area contributed by atoms with Gasteiger partial charge in [0, 0.05) is 19.3 Å². The lowest BCUT2D eigenvalue weighted by Crippen LogP contribution is -2.30. The van der Waals surface area contributed by atoms with Crippen LogP contribution in [0.1, 0.15) is 303 Å². The molecule has 0 aromatic heterocycles. The maximum atomic E-state index is 12.9. The van der Waals surface area contributed by atoms with Gasteiger partial charge in [-0.1, -0.05) is 287 Å². The minimum absolute atomic E-state index is 0.0926. The van der Waals surface area contributed by atoms with Gasteiger partial charge >= 0.3 is 17.9 Å². The first-order chi connectivity index (χ1) is 34.0. The zero-order chi connectivity index (χ0) is 50.0. The summed E-state index contributed by atoms with van der Waals surface area (Å²) in [5, 5.41) is 0. The Morgan fingerprint density at radius 2 is 0.551 bits per heavy atom. The van der Waals surface area contributed by atoms with Crippen LogP contribution in [-0.4, -0.2) is 37.2 Å². The van der Waals surface area contributed by atoms with Crippen molar-refractivity contribution >= 4 is 17.9 Å². The van der Waals surface area contributed by atoms with Crippen molar-refractivity contribution in [3.8, 4) is 0 Å². The van der Waals surface area contributed by atoms with Gasteiger partial charge in [-0.2, -0.15) is 0 Å². The molecule has 0 heterocycles. The van der Waals surface area contributed by atoms with Crippen molar-refractivity contribution in [1.29, 1.82) is 0 Å². The number of ether oxygens (including phenoxy) is 3. The second-order valence-electron chi connectivity index (χ2n) is 19.9. The Morgan fingerprint density at radius 1 is 0.290 bits per heavy atom. The molecule has 0 aromatic rings. The second kappa shape index (κ2) is 57.7. The van der Waals surface area contributed by atoms with E-state index in [4.69, 9.17) is 14.2 Å². The van der Waals surface area contributed by atoms with Gasteiger partial charge in [-0.15, -0.1) is 0 Å². The van der Waals surface area contributed by atoms with Gasteiger partial charge in [-0.05, 0) is 57.8 Å². The predicted octanol–water partition coefficient (Wildman–Crippen LogP) is 20.0. The lowest BCUT2D eigenvalue weighted by Gasteiger charge is -2.18. The normalized spacial score (nSPS) is 12.4. The molecule has 0 saturated carbocycles. The maximum absolute atomic E-state index is 12.9. The molecule has 0 amide bonds. The number of esters is 3. The monoisotopic (exact) mass is 965 g/mol. The molecule has 0 aliphatic heterocycles. The molecule has 6 heteroatoms. The highest BCUT2D eigenvalue weighted by atomic mass is 16.6. The van der Waals surface area contributed by atoms with Gasteiger partial charge < -0.3 is 14.2 Å². The summed E-state index contributed by atoms with van der Waals surface area (Å²) < 4.78 is 16.8. The van der Waals surface area contributed by atoms with Crippen molar-refractivity contribution < 1.29 is 28.6 Å².